The Kier molecular flexibility index (Phi) is 6.76. The SMILES string of the molecule is COc1cc(/C=C/C(=O)NCc2cc3c4ccccc4n(-c4ccccc4)c3cn2)cc(OC)c1OC. The smallest absolute Gasteiger partial charge is 0.244 e. The van der Waals surface area contributed by atoms with Gasteiger partial charge in [-0.05, 0) is 48.0 Å². The number of fused-ring (bicyclic) bond motifs is 3. The van der Waals surface area contributed by atoms with Gasteiger partial charge in [0, 0.05) is 22.5 Å². The second-order valence-electron chi connectivity index (χ2n) is 8.39. The van der Waals surface area contributed by atoms with Gasteiger partial charge < -0.3 is 24.1 Å². The van der Waals surface area contributed by atoms with Crippen molar-refractivity contribution in [2.45, 2.75) is 6.54 Å². The van der Waals surface area contributed by atoms with E-state index in [1.54, 1.807) is 39.5 Å². The first kappa shape index (κ1) is 23.9. The summed E-state index contributed by atoms with van der Waals surface area (Å²) in [5.41, 5.74) is 4.73. The third-order valence-electron chi connectivity index (χ3n) is 6.19. The van der Waals surface area contributed by atoms with E-state index in [1.807, 2.05) is 42.6 Å². The Morgan fingerprint density at radius 2 is 1.57 bits per heavy atom. The van der Waals surface area contributed by atoms with E-state index in [4.69, 9.17) is 14.2 Å². The zero-order chi connectivity index (χ0) is 25.8. The molecule has 5 aromatic rings. The largest absolute Gasteiger partial charge is 0.493 e. The molecular weight excluding hydrogens is 466 g/mol. The fourth-order valence-electron chi connectivity index (χ4n) is 4.47. The first-order chi connectivity index (χ1) is 18.1. The Balaban J connectivity index is 1.37. The van der Waals surface area contributed by atoms with E-state index in [0.29, 0.717) is 23.8 Å². The summed E-state index contributed by atoms with van der Waals surface area (Å²) < 4.78 is 18.3. The van der Waals surface area contributed by atoms with Gasteiger partial charge >= 0.3 is 0 Å². The lowest BCUT2D eigenvalue weighted by atomic mass is 10.1. The minimum atomic E-state index is -0.234. The summed E-state index contributed by atoms with van der Waals surface area (Å²) in [5.74, 6) is 1.31. The van der Waals surface area contributed by atoms with E-state index < -0.39 is 0 Å². The molecule has 0 aliphatic rings. The van der Waals surface area contributed by atoms with Crippen LogP contribution in [0, 0.1) is 0 Å². The van der Waals surface area contributed by atoms with E-state index in [-0.39, 0.29) is 5.91 Å². The number of rotatable bonds is 8. The van der Waals surface area contributed by atoms with E-state index in [9.17, 15) is 4.79 Å². The number of carbonyl (C=O) groups is 1. The van der Waals surface area contributed by atoms with Gasteiger partial charge in [0.15, 0.2) is 11.5 Å². The predicted octanol–water partition coefficient (Wildman–Crippen LogP) is 5.53. The number of ether oxygens (including phenoxy) is 3. The van der Waals surface area contributed by atoms with Crippen LogP contribution in [0.5, 0.6) is 17.2 Å². The molecule has 0 aliphatic carbocycles. The maximum Gasteiger partial charge on any atom is 0.244 e. The van der Waals surface area contributed by atoms with Crippen LogP contribution in [0.4, 0.5) is 0 Å². The van der Waals surface area contributed by atoms with Crippen LogP contribution in [0.2, 0.25) is 0 Å². The standard InChI is InChI=1S/C30H27N3O4/c1-35-27-15-20(16-28(36-2)30(27)37-3)13-14-29(34)32-18-21-17-24-23-11-7-8-12-25(23)33(26(24)19-31-21)22-9-5-4-6-10-22/h4-17,19H,18H2,1-3H3,(H,32,34)/b14-13+. The number of carbonyl (C=O) groups excluding carboxylic acids is 1. The molecular formula is C30H27N3O4. The van der Waals surface area contributed by atoms with Crippen LogP contribution in [0.15, 0.2) is 85.1 Å². The van der Waals surface area contributed by atoms with Gasteiger partial charge in [0.2, 0.25) is 11.7 Å². The van der Waals surface area contributed by atoms with Crippen molar-refractivity contribution < 1.29 is 19.0 Å². The number of nitrogens with zero attached hydrogens (tertiary/aromatic N) is 2. The first-order valence-corrected chi connectivity index (χ1v) is 11.8. The molecule has 5 rings (SSSR count). The predicted molar refractivity (Wildman–Crippen MR) is 146 cm³/mol. The van der Waals surface area contributed by atoms with Crippen LogP contribution in [0.3, 0.4) is 0 Å². The maximum absolute atomic E-state index is 12.6. The number of hydrogen-bond donors (Lipinski definition) is 1. The number of pyridine rings is 1. The van der Waals surface area contributed by atoms with Crippen LogP contribution in [0.1, 0.15) is 11.3 Å². The fraction of sp³-hybridized carbons (Fsp3) is 0.133. The second-order valence-corrected chi connectivity index (χ2v) is 8.39. The Hall–Kier alpha value is -4.78. The number of para-hydroxylation sites is 2. The van der Waals surface area contributed by atoms with Crippen molar-refractivity contribution in [3.8, 4) is 22.9 Å². The topological polar surface area (TPSA) is 74.6 Å². The lowest BCUT2D eigenvalue weighted by molar-refractivity contribution is -0.116. The summed E-state index contributed by atoms with van der Waals surface area (Å²) in [6.45, 7) is 0.305. The summed E-state index contributed by atoms with van der Waals surface area (Å²) >= 11 is 0. The molecule has 2 aromatic heterocycles. The molecule has 0 atom stereocenters. The quantitative estimate of drug-likeness (QED) is 0.288. The monoisotopic (exact) mass is 493 g/mol. The van der Waals surface area contributed by atoms with Gasteiger partial charge in [0.1, 0.15) is 0 Å². The van der Waals surface area contributed by atoms with Gasteiger partial charge in [-0.15, -0.1) is 0 Å². The molecule has 186 valence electrons. The molecule has 7 nitrogen and oxygen atoms in total. The molecule has 3 aromatic carbocycles. The second kappa shape index (κ2) is 10.5. The van der Waals surface area contributed by atoms with Crippen molar-refractivity contribution in [1.29, 1.82) is 0 Å². The van der Waals surface area contributed by atoms with Crippen molar-refractivity contribution in [3.05, 3.63) is 96.3 Å². The Labute approximate surface area is 214 Å². The number of aromatic nitrogens is 2. The van der Waals surface area contributed by atoms with E-state index in [1.165, 1.54) is 6.08 Å². The zero-order valence-corrected chi connectivity index (χ0v) is 20.9. The number of amides is 1. The van der Waals surface area contributed by atoms with E-state index in [0.717, 1.165) is 38.8 Å². The van der Waals surface area contributed by atoms with Crippen LogP contribution in [-0.2, 0) is 11.3 Å². The lowest BCUT2D eigenvalue weighted by Crippen LogP contribution is -2.20. The van der Waals surface area contributed by atoms with Crippen LogP contribution < -0.4 is 19.5 Å². The van der Waals surface area contributed by atoms with E-state index >= 15 is 0 Å². The highest BCUT2D eigenvalue weighted by Crippen LogP contribution is 2.38. The first-order valence-electron chi connectivity index (χ1n) is 11.8. The highest BCUT2D eigenvalue weighted by atomic mass is 16.5. The van der Waals surface area contributed by atoms with Crippen molar-refractivity contribution in [1.82, 2.24) is 14.9 Å². The third kappa shape index (κ3) is 4.71. The molecule has 7 heteroatoms. The molecule has 0 fully saturated rings. The number of hydrogen-bond acceptors (Lipinski definition) is 5. The highest BCUT2D eigenvalue weighted by Gasteiger charge is 2.14. The molecule has 2 heterocycles. The molecule has 0 radical (unpaired) electrons. The number of benzene rings is 3. The molecule has 0 bridgehead atoms. The van der Waals surface area contributed by atoms with Crippen LogP contribution >= 0.6 is 0 Å². The fourth-order valence-corrected chi connectivity index (χ4v) is 4.47. The molecule has 0 spiro atoms. The molecule has 37 heavy (non-hydrogen) atoms. The summed E-state index contributed by atoms with van der Waals surface area (Å²) in [6.07, 6.45) is 5.04. The average Bonchev–Trinajstić information content (AvgIpc) is 3.28. The van der Waals surface area contributed by atoms with Gasteiger partial charge in [-0.25, -0.2) is 0 Å². The van der Waals surface area contributed by atoms with Crippen molar-refractivity contribution in [3.63, 3.8) is 0 Å². The minimum Gasteiger partial charge on any atom is -0.493 e. The normalized spacial score (nSPS) is 11.2. The third-order valence-corrected chi connectivity index (χ3v) is 6.19. The lowest BCUT2D eigenvalue weighted by Gasteiger charge is -2.12. The Morgan fingerprint density at radius 3 is 2.27 bits per heavy atom. The van der Waals surface area contributed by atoms with Crippen molar-refractivity contribution in [2.75, 3.05) is 21.3 Å². The average molecular weight is 494 g/mol. The van der Waals surface area contributed by atoms with Gasteiger partial charge in [0.25, 0.3) is 0 Å². The van der Waals surface area contributed by atoms with Gasteiger partial charge in [-0.3, -0.25) is 9.78 Å². The van der Waals surface area contributed by atoms with Gasteiger partial charge in [-0.1, -0.05) is 36.4 Å². The number of methoxy groups -OCH3 is 3. The summed E-state index contributed by atoms with van der Waals surface area (Å²) in [6, 6.07) is 24.1. The molecule has 0 unspecified atom stereocenters. The maximum atomic E-state index is 12.6. The number of nitrogens with one attached hydrogen (secondary N) is 1. The zero-order valence-electron chi connectivity index (χ0n) is 20.9. The Morgan fingerprint density at radius 1 is 0.865 bits per heavy atom. The van der Waals surface area contributed by atoms with Crippen LogP contribution in [0.25, 0.3) is 33.6 Å². The minimum absolute atomic E-state index is 0.234. The van der Waals surface area contributed by atoms with Crippen molar-refractivity contribution >= 4 is 33.8 Å². The molecule has 1 amide bonds. The van der Waals surface area contributed by atoms with Crippen molar-refractivity contribution in [2.24, 2.45) is 0 Å². The molecule has 0 aliphatic heterocycles. The summed E-state index contributed by atoms with van der Waals surface area (Å²) in [4.78, 5) is 17.2. The summed E-state index contributed by atoms with van der Waals surface area (Å²) in [5, 5.41) is 5.15. The van der Waals surface area contributed by atoms with Crippen LogP contribution in [-0.4, -0.2) is 36.8 Å². The summed E-state index contributed by atoms with van der Waals surface area (Å²) in [7, 11) is 4.66. The molecule has 1 N–H and O–H groups in total. The molecule has 0 saturated heterocycles. The highest BCUT2D eigenvalue weighted by molar-refractivity contribution is 6.09. The van der Waals surface area contributed by atoms with E-state index in [2.05, 4.69) is 39.1 Å². The molecule has 0 saturated carbocycles. The van der Waals surface area contributed by atoms with Gasteiger partial charge in [0.05, 0.1) is 50.8 Å². The Bertz CT molecular complexity index is 1580. The van der Waals surface area contributed by atoms with Gasteiger partial charge in [-0.2, -0.15) is 0 Å².